The maximum absolute atomic E-state index is 14.1. The Morgan fingerprint density at radius 2 is 1.85 bits per heavy atom. The van der Waals surface area contributed by atoms with Gasteiger partial charge in [0.25, 0.3) is 0 Å². The number of halogens is 2. The molecule has 4 atom stereocenters. The Kier molecular flexibility index (Phi) is 7.95. The summed E-state index contributed by atoms with van der Waals surface area (Å²) in [7, 11) is 0. The standard InChI is InChI=1S/C27H33Cl2NO3/c1-5-14-26(3)17-23(19-8-7-9-21(29)15-19)24(18-10-12-20(28)13-11-18)30(25(26)31)22(6-2)16-27(4,32)33/h5,7-13,15,22-24,32-33H,1,6,14,16-17H2,2-4H3/t22-,23+,24?,26-/m0/s1. The number of allylic oxidation sites excluding steroid dienone is 1. The normalized spacial score (nSPS) is 24.6. The molecule has 1 amide bonds. The summed E-state index contributed by atoms with van der Waals surface area (Å²) in [4.78, 5) is 16.0. The number of amides is 1. The highest BCUT2D eigenvalue weighted by atomic mass is 35.5. The van der Waals surface area contributed by atoms with Crippen molar-refractivity contribution in [1.82, 2.24) is 4.90 Å². The van der Waals surface area contributed by atoms with Crippen LogP contribution in [0.1, 0.15) is 69.5 Å². The van der Waals surface area contributed by atoms with Crippen molar-refractivity contribution < 1.29 is 15.0 Å². The lowest BCUT2D eigenvalue weighted by Gasteiger charge is -2.52. The summed E-state index contributed by atoms with van der Waals surface area (Å²) in [6, 6.07) is 14.7. The van der Waals surface area contributed by atoms with Crippen LogP contribution < -0.4 is 0 Å². The third kappa shape index (κ3) is 5.81. The van der Waals surface area contributed by atoms with Crippen LogP contribution in [0.25, 0.3) is 0 Å². The minimum atomic E-state index is -1.90. The fourth-order valence-corrected chi connectivity index (χ4v) is 5.50. The van der Waals surface area contributed by atoms with Crippen LogP contribution in [0.2, 0.25) is 10.0 Å². The van der Waals surface area contributed by atoms with Crippen molar-refractivity contribution in [3.63, 3.8) is 0 Å². The lowest BCUT2D eigenvalue weighted by atomic mass is 9.67. The molecule has 1 aliphatic rings. The van der Waals surface area contributed by atoms with Gasteiger partial charge in [-0.15, -0.1) is 6.58 Å². The van der Waals surface area contributed by atoms with E-state index in [0.29, 0.717) is 29.3 Å². The molecule has 3 rings (SSSR count). The number of nitrogens with zero attached hydrogens (tertiary/aromatic N) is 1. The van der Waals surface area contributed by atoms with Gasteiger partial charge in [0.05, 0.1) is 11.5 Å². The molecule has 0 aromatic heterocycles. The average molecular weight is 490 g/mol. The maximum Gasteiger partial charge on any atom is 0.229 e. The van der Waals surface area contributed by atoms with E-state index in [1.54, 1.807) is 6.08 Å². The van der Waals surface area contributed by atoms with Gasteiger partial charge in [0.2, 0.25) is 5.91 Å². The first-order chi connectivity index (χ1) is 15.5. The molecule has 0 radical (unpaired) electrons. The number of hydrogen-bond donors (Lipinski definition) is 2. The number of aliphatic hydroxyl groups is 2. The Hall–Kier alpha value is -1.85. The van der Waals surface area contributed by atoms with Gasteiger partial charge < -0.3 is 15.1 Å². The molecule has 4 nitrogen and oxygen atoms in total. The highest BCUT2D eigenvalue weighted by molar-refractivity contribution is 6.30. The van der Waals surface area contributed by atoms with Crippen molar-refractivity contribution in [2.75, 3.05) is 0 Å². The SMILES string of the molecule is C=CC[C@@]1(C)C[C@H](c2cccc(Cl)c2)C(c2ccc(Cl)cc2)N([C@@H](CC)CC(C)(O)O)C1=O. The zero-order chi connectivity index (χ0) is 24.4. The fraction of sp³-hybridized carbons (Fsp3) is 0.444. The van der Waals surface area contributed by atoms with Gasteiger partial charge in [-0.1, -0.05) is 67.4 Å². The summed E-state index contributed by atoms with van der Waals surface area (Å²) in [6.07, 6.45) is 3.56. The van der Waals surface area contributed by atoms with E-state index in [2.05, 4.69) is 6.58 Å². The van der Waals surface area contributed by atoms with Crippen LogP contribution in [0.3, 0.4) is 0 Å². The molecule has 1 fully saturated rings. The summed E-state index contributed by atoms with van der Waals surface area (Å²) in [5.74, 6) is -1.95. The Labute approximate surface area is 206 Å². The van der Waals surface area contributed by atoms with Gasteiger partial charge in [0.1, 0.15) is 0 Å². The van der Waals surface area contributed by atoms with Crippen LogP contribution in [-0.4, -0.2) is 32.8 Å². The van der Waals surface area contributed by atoms with Crippen LogP contribution in [0.5, 0.6) is 0 Å². The molecule has 2 aromatic carbocycles. The number of benzene rings is 2. The second-order valence-corrected chi connectivity index (χ2v) is 10.5. The zero-order valence-electron chi connectivity index (χ0n) is 19.5. The molecule has 0 saturated carbocycles. The third-order valence-corrected chi connectivity index (χ3v) is 7.16. The summed E-state index contributed by atoms with van der Waals surface area (Å²) in [5.41, 5.74) is 1.32. The lowest BCUT2D eigenvalue weighted by molar-refractivity contribution is -0.175. The molecule has 1 heterocycles. The summed E-state index contributed by atoms with van der Waals surface area (Å²) in [5, 5.41) is 21.8. The lowest BCUT2D eigenvalue weighted by Crippen LogP contribution is -2.56. The molecule has 0 spiro atoms. The van der Waals surface area contributed by atoms with E-state index >= 15 is 0 Å². The predicted octanol–water partition coefficient (Wildman–Crippen LogP) is 6.50. The molecule has 2 aromatic rings. The van der Waals surface area contributed by atoms with E-state index in [-0.39, 0.29) is 30.3 Å². The van der Waals surface area contributed by atoms with Gasteiger partial charge in [-0.3, -0.25) is 4.79 Å². The Bertz CT molecular complexity index is 986. The summed E-state index contributed by atoms with van der Waals surface area (Å²) < 4.78 is 0. The van der Waals surface area contributed by atoms with E-state index in [1.807, 2.05) is 67.3 Å². The summed E-state index contributed by atoms with van der Waals surface area (Å²) >= 11 is 12.6. The van der Waals surface area contributed by atoms with Crippen molar-refractivity contribution in [2.45, 2.75) is 70.2 Å². The minimum Gasteiger partial charge on any atom is -0.366 e. The van der Waals surface area contributed by atoms with Crippen LogP contribution in [0.15, 0.2) is 61.2 Å². The van der Waals surface area contributed by atoms with Crippen LogP contribution in [0, 0.1) is 5.41 Å². The van der Waals surface area contributed by atoms with E-state index in [9.17, 15) is 15.0 Å². The van der Waals surface area contributed by atoms with Gasteiger partial charge in [-0.2, -0.15) is 0 Å². The van der Waals surface area contributed by atoms with E-state index < -0.39 is 11.2 Å². The number of rotatable bonds is 8. The fourth-order valence-electron chi connectivity index (χ4n) is 5.17. The number of hydrogen-bond acceptors (Lipinski definition) is 3. The maximum atomic E-state index is 14.1. The van der Waals surface area contributed by atoms with Crippen LogP contribution in [-0.2, 0) is 4.79 Å². The van der Waals surface area contributed by atoms with Crippen molar-refractivity contribution in [3.05, 3.63) is 82.4 Å². The highest BCUT2D eigenvalue weighted by Gasteiger charge is 2.51. The topological polar surface area (TPSA) is 60.8 Å². The van der Waals surface area contributed by atoms with E-state index in [0.717, 1.165) is 11.1 Å². The Morgan fingerprint density at radius 3 is 2.39 bits per heavy atom. The van der Waals surface area contributed by atoms with Crippen molar-refractivity contribution in [1.29, 1.82) is 0 Å². The van der Waals surface area contributed by atoms with Crippen LogP contribution >= 0.6 is 23.2 Å². The van der Waals surface area contributed by atoms with Gasteiger partial charge >= 0.3 is 0 Å². The minimum absolute atomic E-state index is 0.00303. The molecule has 1 aliphatic heterocycles. The van der Waals surface area contributed by atoms with Gasteiger partial charge in [0.15, 0.2) is 5.79 Å². The van der Waals surface area contributed by atoms with Crippen molar-refractivity contribution in [2.24, 2.45) is 5.41 Å². The highest BCUT2D eigenvalue weighted by Crippen LogP contribution is 2.52. The quantitative estimate of drug-likeness (QED) is 0.328. The average Bonchev–Trinajstić information content (AvgIpc) is 2.74. The second-order valence-electron chi connectivity index (χ2n) is 9.61. The van der Waals surface area contributed by atoms with Gasteiger partial charge in [0, 0.05) is 28.4 Å². The Balaban J connectivity index is 2.23. The monoisotopic (exact) mass is 489 g/mol. The molecule has 178 valence electrons. The predicted molar refractivity (Wildman–Crippen MR) is 134 cm³/mol. The van der Waals surface area contributed by atoms with Gasteiger partial charge in [-0.05, 0) is 61.6 Å². The Morgan fingerprint density at radius 1 is 1.18 bits per heavy atom. The van der Waals surface area contributed by atoms with Crippen LogP contribution in [0.4, 0.5) is 0 Å². The molecular weight excluding hydrogens is 457 g/mol. The number of carbonyl (C=O) groups excluding carboxylic acids is 1. The third-order valence-electron chi connectivity index (χ3n) is 6.67. The molecule has 6 heteroatoms. The first-order valence-corrected chi connectivity index (χ1v) is 12.1. The molecule has 33 heavy (non-hydrogen) atoms. The van der Waals surface area contributed by atoms with Crippen molar-refractivity contribution in [3.8, 4) is 0 Å². The van der Waals surface area contributed by atoms with E-state index in [1.165, 1.54) is 6.92 Å². The molecule has 1 unspecified atom stereocenters. The zero-order valence-corrected chi connectivity index (χ0v) is 21.0. The summed E-state index contributed by atoms with van der Waals surface area (Å²) in [6.45, 7) is 9.20. The molecule has 1 saturated heterocycles. The number of likely N-dealkylation sites (tertiary alicyclic amines) is 1. The molecule has 0 bridgehead atoms. The van der Waals surface area contributed by atoms with Gasteiger partial charge in [-0.25, -0.2) is 0 Å². The first kappa shape index (κ1) is 25.8. The number of piperidine rings is 1. The smallest absolute Gasteiger partial charge is 0.229 e. The molecule has 0 aliphatic carbocycles. The molecule has 2 N–H and O–H groups in total. The van der Waals surface area contributed by atoms with E-state index in [4.69, 9.17) is 23.2 Å². The largest absolute Gasteiger partial charge is 0.366 e. The first-order valence-electron chi connectivity index (χ1n) is 11.4. The van der Waals surface area contributed by atoms with Crippen molar-refractivity contribution >= 4 is 29.1 Å². The molecular formula is C27H33Cl2NO3. The second kappa shape index (κ2) is 10.2. The number of carbonyl (C=O) groups is 1.